The van der Waals surface area contributed by atoms with Gasteiger partial charge in [0.2, 0.25) is 5.91 Å². The molecule has 1 aliphatic rings. The number of carbonyl (C=O) groups is 2. The van der Waals surface area contributed by atoms with Gasteiger partial charge >= 0.3 is 5.69 Å². The minimum absolute atomic E-state index is 0.00634. The van der Waals surface area contributed by atoms with Gasteiger partial charge in [-0.3, -0.25) is 19.7 Å². The maximum Gasteiger partial charge on any atom is 0.305 e. The number of hydrogen-bond acceptors (Lipinski definition) is 5. The van der Waals surface area contributed by atoms with Gasteiger partial charge < -0.3 is 15.5 Å². The molecule has 2 amide bonds. The standard InChI is InChI=1S/C13H16N4O4/c1-2-14-10-5-3-4-9(12(10)17(20)21)13(19)16-7-6-15-11(18)8-16/h3-5,14H,2,6-8H2,1H3,(H,15,18). The fraction of sp³-hybridized carbons (Fsp3) is 0.385. The Morgan fingerprint density at radius 2 is 2.29 bits per heavy atom. The molecule has 0 spiro atoms. The Morgan fingerprint density at radius 1 is 1.52 bits per heavy atom. The highest BCUT2D eigenvalue weighted by atomic mass is 16.6. The van der Waals surface area contributed by atoms with E-state index in [0.717, 1.165) is 0 Å². The zero-order valence-corrected chi connectivity index (χ0v) is 11.6. The molecule has 0 bridgehead atoms. The highest BCUT2D eigenvalue weighted by molar-refractivity contribution is 6.02. The second-order valence-electron chi connectivity index (χ2n) is 4.57. The number of benzene rings is 1. The molecular formula is C13H16N4O4. The van der Waals surface area contributed by atoms with Crippen LogP contribution in [0.1, 0.15) is 17.3 Å². The number of piperazine rings is 1. The molecule has 0 aliphatic carbocycles. The molecule has 1 aromatic carbocycles. The van der Waals surface area contributed by atoms with Crippen LogP contribution in [0.5, 0.6) is 0 Å². The smallest absolute Gasteiger partial charge is 0.305 e. The van der Waals surface area contributed by atoms with Crippen LogP contribution < -0.4 is 10.6 Å². The van der Waals surface area contributed by atoms with Crippen LogP contribution in [0.2, 0.25) is 0 Å². The molecule has 2 rings (SSSR count). The van der Waals surface area contributed by atoms with Crippen molar-refractivity contribution in [3.05, 3.63) is 33.9 Å². The Labute approximate surface area is 121 Å². The summed E-state index contributed by atoms with van der Waals surface area (Å²) in [4.78, 5) is 35.8. The topological polar surface area (TPSA) is 105 Å². The van der Waals surface area contributed by atoms with Crippen molar-refractivity contribution in [2.75, 3.05) is 31.5 Å². The Hall–Kier alpha value is -2.64. The Morgan fingerprint density at radius 3 is 2.90 bits per heavy atom. The summed E-state index contributed by atoms with van der Waals surface area (Å²) >= 11 is 0. The van der Waals surface area contributed by atoms with Crippen molar-refractivity contribution in [2.24, 2.45) is 0 Å². The summed E-state index contributed by atoms with van der Waals surface area (Å²) in [6.45, 7) is 2.93. The highest BCUT2D eigenvalue weighted by Gasteiger charge is 2.29. The van der Waals surface area contributed by atoms with E-state index in [1.807, 2.05) is 6.92 Å². The van der Waals surface area contributed by atoms with E-state index in [1.165, 1.54) is 11.0 Å². The SMILES string of the molecule is CCNc1cccc(C(=O)N2CCNC(=O)C2)c1[N+](=O)[O-]. The average Bonchev–Trinajstić information content (AvgIpc) is 2.46. The van der Waals surface area contributed by atoms with Crippen LogP contribution in [0, 0.1) is 10.1 Å². The molecule has 8 nitrogen and oxygen atoms in total. The number of nitro groups is 1. The second kappa shape index (κ2) is 6.21. The first kappa shape index (κ1) is 14.8. The lowest BCUT2D eigenvalue weighted by Crippen LogP contribution is -2.50. The van der Waals surface area contributed by atoms with Crippen LogP contribution in [0.15, 0.2) is 18.2 Å². The van der Waals surface area contributed by atoms with E-state index in [9.17, 15) is 19.7 Å². The van der Waals surface area contributed by atoms with Gasteiger partial charge in [0, 0.05) is 19.6 Å². The third-order valence-corrected chi connectivity index (χ3v) is 3.14. The van der Waals surface area contributed by atoms with Crippen LogP contribution in [0.3, 0.4) is 0 Å². The molecule has 0 aromatic heterocycles. The van der Waals surface area contributed by atoms with E-state index < -0.39 is 10.8 Å². The highest BCUT2D eigenvalue weighted by Crippen LogP contribution is 2.29. The van der Waals surface area contributed by atoms with E-state index in [-0.39, 0.29) is 23.7 Å². The number of rotatable bonds is 4. The first-order chi connectivity index (χ1) is 10.0. The fourth-order valence-electron chi connectivity index (χ4n) is 2.23. The Kier molecular flexibility index (Phi) is 4.36. The van der Waals surface area contributed by atoms with Crippen LogP contribution in [-0.4, -0.2) is 47.8 Å². The Bertz CT molecular complexity index is 588. The zero-order valence-electron chi connectivity index (χ0n) is 11.6. The van der Waals surface area contributed by atoms with Gasteiger partial charge in [0.25, 0.3) is 5.91 Å². The number of carbonyl (C=O) groups excluding carboxylic acids is 2. The summed E-state index contributed by atoms with van der Waals surface area (Å²) in [6, 6.07) is 4.55. The van der Waals surface area contributed by atoms with Crippen molar-refractivity contribution in [1.29, 1.82) is 0 Å². The molecular weight excluding hydrogens is 276 g/mol. The van der Waals surface area contributed by atoms with Crippen molar-refractivity contribution in [2.45, 2.75) is 6.92 Å². The summed E-state index contributed by atoms with van der Waals surface area (Å²) < 4.78 is 0. The minimum Gasteiger partial charge on any atom is -0.380 e. The summed E-state index contributed by atoms with van der Waals surface area (Å²) in [7, 11) is 0. The molecule has 0 unspecified atom stereocenters. The largest absolute Gasteiger partial charge is 0.380 e. The molecule has 21 heavy (non-hydrogen) atoms. The number of amides is 2. The van der Waals surface area contributed by atoms with Crippen molar-refractivity contribution in [3.63, 3.8) is 0 Å². The van der Waals surface area contributed by atoms with Gasteiger partial charge in [0.15, 0.2) is 0 Å². The van der Waals surface area contributed by atoms with Gasteiger partial charge in [-0.1, -0.05) is 6.07 Å². The van der Waals surface area contributed by atoms with E-state index in [0.29, 0.717) is 25.3 Å². The first-order valence-corrected chi connectivity index (χ1v) is 6.61. The minimum atomic E-state index is -0.574. The third-order valence-electron chi connectivity index (χ3n) is 3.14. The second-order valence-corrected chi connectivity index (χ2v) is 4.57. The molecule has 1 fully saturated rings. The van der Waals surface area contributed by atoms with Crippen molar-refractivity contribution in [3.8, 4) is 0 Å². The summed E-state index contributed by atoms with van der Waals surface area (Å²) in [5, 5.41) is 16.8. The molecule has 1 aliphatic heterocycles. The van der Waals surface area contributed by atoms with Crippen LogP contribution in [0.4, 0.5) is 11.4 Å². The molecule has 1 aromatic rings. The van der Waals surface area contributed by atoms with Crippen molar-refractivity contribution >= 4 is 23.2 Å². The molecule has 112 valence electrons. The van der Waals surface area contributed by atoms with E-state index >= 15 is 0 Å². The summed E-state index contributed by atoms with van der Waals surface area (Å²) in [6.07, 6.45) is 0. The molecule has 0 saturated carbocycles. The number of anilines is 1. The molecule has 0 radical (unpaired) electrons. The molecule has 1 heterocycles. The molecule has 0 atom stereocenters. The number of nitro benzene ring substituents is 1. The number of hydrogen-bond donors (Lipinski definition) is 2. The van der Waals surface area contributed by atoms with E-state index in [1.54, 1.807) is 12.1 Å². The maximum atomic E-state index is 12.4. The lowest BCUT2D eigenvalue weighted by Gasteiger charge is -2.26. The van der Waals surface area contributed by atoms with Gasteiger partial charge in [0.1, 0.15) is 11.3 Å². The predicted molar refractivity (Wildman–Crippen MR) is 76.2 cm³/mol. The third kappa shape index (κ3) is 3.10. The maximum absolute atomic E-state index is 12.4. The number of nitrogens with one attached hydrogen (secondary N) is 2. The quantitative estimate of drug-likeness (QED) is 0.624. The normalized spacial score (nSPS) is 14.5. The monoisotopic (exact) mass is 292 g/mol. The van der Waals surface area contributed by atoms with Crippen molar-refractivity contribution in [1.82, 2.24) is 10.2 Å². The van der Waals surface area contributed by atoms with Gasteiger partial charge in [-0.15, -0.1) is 0 Å². The lowest BCUT2D eigenvalue weighted by molar-refractivity contribution is -0.384. The summed E-state index contributed by atoms with van der Waals surface area (Å²) in [5.41, 5.74) is 0.0401. The van der Waals surface area contributed by atoms with Crippen LogP contribution >= 0.6 is 0 Å². The molecule has 8 heteroatoms. The first-order valence-electron chi connectivity index (χ1n) is 6.61. The van der Waals surface area contributed by atoms with E-state index in [4.69, 9.17) is 0 Å². The number of para-hydroxylation sites is 1. The number of nitrogens with zero attached hydrogens (tertiary/aromatic N) is 2. The van der Waals surface area contributed by atoms with Gasteiger partial charge in [-0.2, -0.15) is 0 Å². The molecule has 1 saturated heterocycles. The van der Waals surface area contributed by atoms with Crippen molar-refractivity contribution < 1.29 is 14.5 Å². The summed E-state index contributed by atoms with van der Waals surface area (Å²) in [5.74, 6) is -0.767. The predicted octanol–water partition coefficient (Wildman–Crippen LogP) is 0.599. The van der Waals surface area contributed by atoms with Crippen LogP contribution in [-0.2, 0) is 4.79 Å². The van der Waals surface area contributed by atoms with Crippen LogP contribution in [0.25, 0.3) is 0 Å². The van der Waals surface area contributed by atoms with Gasteiger partial charge in [0.05, 0.1) is 11.5 Å². The lowest BCUT2D eigenvalue weighted by atomic mass is 10.1. The van der Waals surface area contributed by atoms with Gasteiger partial charge in [-0.25, -0.2) is 0 Å². The molecule has 2 N–H and O–H groups in total. The van der Waals surface area contributed by atoms with E-state index in [2.05, 4.69) is 10.6 Å². The van der Waals surface area contributed by atoms with Gasteiger partial charge in [-0.05, 0) is 19.1 Å². The fourth-order valence-corrected chi connectivity index (χ4v) is 2.23. The average molecular weight is 292 g/mol. The zero-order chi connectivity index (χ0) is 15.4. The Balaban J connectivity index is 2.38.